The number of hydrogen-bond donors (Lipinski definition) is 1. The lowest BCUT2D eigenvalue weighted by Crippen LogP contribution is -2.52. The highest BCUT2D eigenvalue weighted by molar-refractivity contribution is 6.76. The Kier molecular flexibility index (Phi) is 6.11. The first-order valence-electron chi connectivity index (χ1n) is 5.09. The fraction of sp³-hybridized carbons (Fsp3) is 1.00. The van der Waals surface area contributed by atoms with Gasteiger partial charge in [0.1, 0.15) is 0 Å². The van der Waals surface area contributed by atoms with Crippen molar-refractivity contribution in [1.82, 2.24) is 0 Å². The summed E-state index contributed by atoms with van der Waals surface area (Å²) in [5.74, 6) is 0. The summed E-state index contributed by atoms with van der Waals surface area (Å²) in [5.41, 5.74) is 0. The van der Waals surface area contributed by atoms with E-state index < -0.39 is 17.4 Å². The van der Waals surface area contributed by atoms with Gasteiger partial charge in [0.25, 0.3) is 0 Å². The molecule has 0 bridgehead atoms. The Bertz CT molecular complexity index is 165. The maximum atomic E-state index is 9.86. The Hall–Kier alpha value is 0.274. The normalized spacial score (nSPS) is 20.1. The van der Waals surface area contributed by atoms with Gasteiger partial charge in [0.15, 0.2) is 0 Å². The molecule has 0 rings (SSSR count). The van der Waals surface area contributed by atoms with Crippen LogP contribution < -0.4 is 0 Å². The van der Waals surface area contributed by atoms with E-state index in [-0.39, 0.29) is 0 Å². The van der Waals surface area contributed by atoms with E-state index in [0.717, 1.165) is 6.04 Å². The molecule has 0 amide bonds. The second kappa shape index (κ2) is 5.99. The summed E-state index contributed by atoms with van der Waals surface area (Å²) in [4.78, 5) is 9.86. The molecule has 0 heterocycles. The van der Waals surface area contributed by atoms with Crippen LogP contribution in [0.15, 0.2) is 0 Å². The van der Waals surface area contributed by atoms with Gasteiger partial charge in [-0.05, 0) is 26.4 Å². The second-order valence-electron chi connectivity index (χ2n) is 3.35. The maximum Gasteiger partial charge on any atom is 0.486 e. The van der Waals surface area contributed by atoms with E-state index in [4.69, 9.17) is 13.0 Å². The van der Waals surface area contributed by atoms with Gasteiger partial charge in [-0.25, -0.2) is 0 Å². The fourth-order valence-corrected chi connectivity index (χ4v) is 6.81. The largest absolute Gasteiger partial charge is 0.486 e. The van der Waals surface area contributed by atoms with Crippen LogP contribution >= 0.6 is 0 Å². The van der Waals surface area contributed by atoms with Crippen LogP contribution in [0, 0.1) is 0 Å². The van der Waals surface area contributed by atoms with Crippen LogP contribution in [0.3, 0.4) is 0 Å². The molecule has 6 heteroatoms. The molecule has 4 nitrogen and oxygen atoms in total. The van der Waals surface area contributed by atoms with Crippen molar-refractivity contribution in [3.8, 4) is 0 Å². The van der Waals surface area contributed by atoms with Gasteiger partial charge >= 0.3 is 17.4 Å². The zero-order valence-electron chi connectivity index (χ0n) is 9.79. The van der Waals surface area contributed by atoms with E-state index in [1.54, 1.807) is 6.55 Å². The minimum atomic E-state index is -2.96. The molecule has 0 aromatic heterocycles. The smallest absolute Gasteiger partial charge is 0.395 e. The van der Waals surface area contributed by atoms with E-state index >= 15 is 0 Å². The summed E-state index contributed by atoms with van der Waals surface area (Å²) in [6.45, 7) is 10.5. The minimum absolute atomic E-state index is 0.472. The number of rotatable bonds is 7. The molecule has 0 saturated carbocycles. The van der Waals surface area contributed by atoms with Crippen molar-refractivity contribution >= 4 is 17.4 Å². The van der Waals surface area contributed by atoms with E-state index in [0.29, 0.717) is 13.2 Å². The van der Waals surface area contributed by atoms with Crippen LogP contribution in [0.25, 0.3) is 0 Å². The van der Waals surface area contributed by atoms with Crippen molar-refractivity contribution in [2.45, 2.75) is 39.9 Å². The van der Waals surface area contributed by atoms with Gasteiger partial charge in [-0.2, -0.15) is 0 Å². The predicted octanol–water partition coefficient (Wildman–Crippen LogP) is 1.73. The van der Waals surface area contributed by atoms with Crippen molar-refractivity contribution in [2.24, 2.45) is 0 Å². The Labute approximate surface area is 88.8 Å². The third kappa shape index (κ3) is 5.23. The summed E-state index contributed by atoms with van der Waals surface area (Å²) in [7, 11) is -5.17. The Morgan fingerprint density at radius 1 is 1.00 bits per heavy atom. The van der Waals surface area contributed by atoms with Gasteiger partial charge in [0.05, 0.1) is 0 Å². The molecular formula is C8H22O4Si2. The van der Waals surface area contributed by atoms with E-state index in [9.17, 15) is 4.80 Å². The lowest BCUT2D eigenvalue weighted by Gasteiger charge is -2.31. The van der Waals surface area contributed by atoms with Crippen molar-refractivity contribution in [3.63, 3.8) is 0 Å². The summed E-state index contributed by atoms with van der Waals surface area (Å²) in [6, 6.07) is 0.817. The van der Waals surface area contributed by atoms with Crippen molar-refractivity contribution in [1.29, 1.82) is 0 Å². The molecule has 0 aliphatic carbocycles. The highest BCUT2D eigenvalue weighted by Gasteiger charge is 2.41. The maximum absolute atomic E-state index is 9.86. The van der Waals surface area contributed by atoms with Crippen LogP contribution in [0.2, 0.25) is 19.1 Å². The standard InChI is InChI=1S/C8H22O4Si2/c1-6-10-13(4,8-3)12-14(5,9)11-7-2/h9H,6-8H2,1-5H3. The monoisotopic (exact) mass is 238 g/mol. The predicted molar refractivity (Wildman–Crippen MR) is 60.3 cm³/mol. The Balaban J connectivity index is 4.28. The molecule has 2 unspecified atom stereocenters. The van der Waals surface area contributed by atoms with Crippen LogP contribution in [0.5, 0.6) is 0 Å². The first kappa shape index (κ1) is 14.3. The molecule has 1 N–H and O–H groups in total. The second-order valence-corrected chi connectivity index (χ2v) is 9.52. The van der Waals surface area contributed by atoms with E-state index in [1.807, 2.05) is 27.3 Å². The molecule has 86 valence electrons. The zero-order chi connectivity index (χ0) is 11.2. The molecule has 0 radical (unpaired) electrons. The lowest BCUT2D eigenvalue weighted by molar-refractivity contribution is 0.140. The Morgan fingerprint density at radius 3 is 1.86 bits per heavy atom. The molecule has 14 heavy (non-hydrogen) atoms. The van der Waals surface area contributed by atoms with Gasteiger partial charge in [0, 0.05) is 19.8 Å². The molecule has 0 aromatic carbocycles. The van der Waals surface area contributed by atoms with Crippen LogP contribution in [-0.2, 0) is 13.0 Å². The van der Waals surface area contributed by atoms with E-state index in [1.165, 1.54) is 0 Å². The molecule has 2 atom stereocenters. The summed E-state index contributed by atoms with van der Waals surface area (Å²) >= 11 is 0. The van der Waals surface area contributed by atoms with Crippen molar-refractivity contribution < 1.29 is 17.8 Å². The van der Waals surface area contributed by atoms with Gasteiger partial charge in [-0.15, -0.1) is 0 Å². The quantitative estimate of drug-likeness (QED) is 0.686. The van der Waals surface area contributed by atoms with E-state index in [2.05, 4.69) is 0 Å². The van der Waals surface area contributed by atoms with Crippen molar-refractivity contribution in [3.05, 3.63) is 0 Å². The van der Waals surface area contributed by atoms with Gasteiger partial charge in [-0.1, -0.05) is 6.92 Å². The SMILES string of the molecule is CCO[Si](C)(O)O[Si](C)(CC)OCC. The highest BCUT2D eigenvalue weighted by Crippen LogP contribution is 2.18. The lowest BCUT2D eigenvalue weighted by atomic mass is 10.9. The fourth-order valence-electron chi connectivity index (χ4n) is 1.21. The summed E-state index contributed by atoms with van der Waals surface area (Å²) in [6.07, 6.45) is 0. The minimum Gasteiger partial charge on any atom is -0.395 e. The average molecular weight is 238 g/mol. The molecule has 0 saturated heterocycles. The average Bonchev–Trinajstić information content (AvgIpc) is 2.03. The number of hydrogen-bond acceptors (Lipinski definition) is 4. The third-order valence-electron chi connectivity index (χ3n) is 1.91. The molecule has 0 aliphatic heterocycles. The first-order valence-corrected chi connectivity index (χ1v) is 9.88. The van der Waals surface area contributed by atoms with Gasteiger partial charge in [-0.3, -0.25) is 0 Å². The molecule has 0 aliphatic rings. The summed E-state index contributed by atoms with van der Waals surface area (Å²) in [5, 5.41) is 0. The van der Waals surface area contributed by atoms with Crippen LogP contribution in [0.4, 0.5) is 0 Å². The molecule has 0 spiro atoms. The van der Waals surface area contributed by atoms with Crippen molar-refractivity contribution in [2.75, 3.05) is 13.2 Å². The first-order chi connectivity index (χ1) is 6.39. The van der Waals surface area contributed by atoms with Gasteiger partial charge < -0.3 is 17.8 Å². The molecular weight excluding hydrogens is 216 g/mol. The summed E-state index contributed by atoms with van der Waals surface area (Å²) < 4.78 is 16.4. The zero-order valence-corrected chi connectivity index (χ0v) is 11.8. The highest BCUT2D eigenvalue weighted by atomic mass is 28.5. The Morgan fingerprint density at radius 2 is 1.50 bits per heavy atom. The van der Waals surface area contributed by atoms with Crippen LogP contribution in [0.1, 0.15) is 20.8 Å². The topological polar surface area (TPSA) is 47.9 Å². The van der Waals surface area contributed by atoms with Gasteiger partial charge in [0.2, 0.25) is 0 Å². The van der Waals surface area contributed by atoms with Crippen LogP contribution in [-0.4, -0.2) is 35.4 Å². The third-order valence-corrected chi connectivity index (χ3v) is 8.16. The molecule has 0 aromatic rings. The molecule has 0 fully saturated rings.